The Morgan fingerprint density at radius 1 is 1.33 bits per heavy atom. The summed E-state index contributed by atoms with van der Waals surface area (Å²) in [6, 6.07) is 0. The molecule has 1 saturated heterocycles. The van der Waals surface area contributed by atoms with E-state index in [1.54, 1.807) is 0 Å². The topological polar surface area (TPSA) is 38.3 Å². The van der Waals surface area contributed by atoms with Crippen LogP contribution < -0.4 is 5.32 Å². The lowest BCUT2D eigenvalue weighted by Crippen LogP contribution is -2.27. The molecule has 1 aliphatic rings. The number of nitrogens with one attached hydrogen (secondary N) is 1. The zero-order valence-corrected chi connectivity index (χ0v) is 9.76. The third-order valence-electron chi connectivity index (χ3n) is 3.01. The molecule has 1 aliphatic heterocycles. The molecular formula is C12H23NO2. The molecule has 0 unspecified atom stereocenters. The molecule has 0 spiro atoms. The number of piperidine rings is 1. The lowest BCUT2D eigenvalue weighted by molar-refractivity contribution is -0.143. The fourth-order valence-electron chi connectivity index (χ4n) is 2.11. The molecule has 3 heteroatoms. The second kappa shape index (κ2) is 7.69. The van der Waals surface area contributed by atoms with Gasteiger partial charge in [-0.25, -0.2) is 0 Å². The molecule has 3 nitrogen and oxygen atoms in total. The Balaban J connectivity index is 1.93. The molecule has 1 N–H and O–H groups in total. The summed E-state index contributed by atoms with van der Waals surface area (Å²) in [5, 5.41) is 3.37. The number of hydrogen-bond donors (Lipinski definition) is 1. The second-order valence-electron chi connectivity index (χ2n) is 4.24. The van der Waals surface area contributed by atoms with E-state index in [4.69, 9.17) is 4.74 Å². The quantitative estimate of drug-likeness (QED) is 0.542. The van der Waals surface area contributed by atoms with E-state index in [1.807, 2.05) is 6.92 Å². The maximum atomic E-state index is 11.1. The van der Waals surface area contributed by atoms with E-state index in [1.165, 1.54) is 38.8 Å². The maximum Gasteiger partial charge on any atom is 0.305 e. The number of rotatable bonds is 6. The summed E-state index contributed by atoms with van der Waals surface area (Å²) in [5.74, 6) is 0.844. The zero-order chi connectivity index (χ0) is 10.9. The van der Waals surface area contributed by atoms with Gasteiger partial charge in [0.05, 0.1) is 6.61 Å². The van der Waals surface area contributed by atoms with Crippen LogP contribution in [0.2, 0.25) is 0 Å². The smallest absolute Gasteiger partial charge is 0.305 e. The molecule has 0 aromatic rings. The first-order valence-electron chi connectivity index (χ1n) is 6.19. The predicted octanol–water partition coefficient (Wildman–Crippen LogP) is 2.11. The summed E-state index contributed by atoms with van der Waals surface area (Å²) in [5.41, 5.74) is 0. The molecule has 0 radical (unpaired) electrons. The SMILES string of the molecule is CCOC(=O)CCCCC1CCNCC1. The summed E-state index contributed by atoms with van der Waals surface area (Å²) < 4.78 is 4.88. The van der Waals surface area contributed by atoms with Crippen molar-refractivity contribution in [2.45, 2.75) is 45.4 Å². The van der Waals surface area contributed by atoms with Crippen LogP contribution in [-0.4, -0.2) is 25.7 Å². The molecule has 0 atom stereocenters. The number of ether oxygens (including phenoxy) is 1. The molecule has 0 saturated carbocycles. The van der Waals surface area contributed by atoms with Crippen LogP contribution in [-0.2, 0) is 9.53 Å². The first kappa shape index (κ1) is 12.5. The molecule has 0 bridgehead atoms. The van der Waals surface area contributed by atoms with Crippen LogP contribution in [0.1, 0.15) is 45.4 Å². The minimum atomic E-state index is -0.0391. The predicted molar refractivity (Wildman–Crippen MR) is 60.7 cm³/mol. The molecule has 1 rings (SSSR count). The van der Waals surface area contributed by atoms with E-state index in [0.717, 1.165) is 12.3 Å². The van der Waals surface area contributed by atoms with Crippen LogP contribution in [0.25, 0.3) is 0 Å². The van der Waals surface area contributed by atoms with Crippen LogP contribution >= 0.6 is 0 Å². The van der Waals surface area contributed by atoms with Gasteiger partial charge in [-0.1, -0.05) is 12.8 Å². The highest BCUT2D eigenvalue weighted by Crippen LogP contribution is 2.19. The Bertz CT molecular complexity index is 176. The van der Waals surface area contributed by atoms with Crippen LogP contribution in [0, 0.1) is 5.92 Å². The van der Waals surface area contributed by atoms with Crippen molar-refractivity contribution in [1.82, 2.24) is 5.32 Å². The van der Waals surface area contributed by atoms with Gasteiger partial charge in [-0.05, 0) is 45.2 Å². The van der Waals surface area contributed by atoms with Gasteiger partial charge in [0.1, 0.15) is 0 Å². The van der Waals surface area contributed by atoms with Crippen LogP contribution in [0.15, 0.2) is 0 Å². The van der Waals surface area contributed by atoms with E-state index in [-0.39, 0.29) is 5.97 Å². The van der Waals surface area contributed by atoms with Gasteiger partial charge in [0.15, 0.2) is 0 Å². The number of hydrogen-bond acceptors (Lipinski definition) is 3. The number of esters is 1. The van der Waals surface area contributed by atoms with E-state index in [9.17, 15) is 4.79 Å². The summed E-state index contributed by atoms with van der Waals surface area (Å²) in [6.07, 6.45) is 6.64. The van der Waals surface area contributed by atoms with E-state index < -0.39 is 0 Å². The van der Waals surface area contributed by atoms with Crippen LogP contribution in [0.4, 0.5) is 0 Å². The van der Waals surface area contributed by atoms with E-state index >= 15 is 0 Å². The van der Waals surface area contributed by atoms with Crippen molar-refractivity contribution < 1.29 is 9.53 Å². The number of carbonyl (C=O) groups is 1. The van der Waals surface area contributed by atoms with Gasteiger partial charge in [-0.15, -0.1) is 0 Å². The molecule has 0 aromatic carbocycles. The van der Waals surface area contributed by atoms with Crippen LogP contribution in [0.5, 0.6) is 0 Å². The van der Waals surface area contributed by atoms with E-state index in [0.29, 0.717) is 13.0 Å². The Morgan fingerprint density at radius 3 is 2.73 bits per heavy atom. The average molecular weight is 213 g/mol. The average Bonchev–Trinajstić information content (AvgIpc) is 2.26. The standard InChI is InChI=1S/C12H23NO2/c1-2-15-12(14)6-4-3-5-11-7-9-13-10-8-11/h11,13H,2-10H2,1H3. The third kappa shape index (κ3) is 5.78. The van der Waals surface area contributed by atoms with Gasteiger partial charge in [-0.2, -0.15) is 0 Å². The Labute approximate surface area is 92.6 Å². The highest BCUT2D eigenvalue weighted by atomic mass is 16.5. The summed E-state index contributed by atoms with van der Waals surface area (Å²) in [4.78, 5) is 11.1. The van der Waals surface area contributed by atoms with Crippen molar-refractivity contribution in [3.63, 3.8) is 0 Å². The third-order valence-corrected chi connectivity index (χ3v) is 3.01. The monoisotopic (exact) mass is 213 g/mol. The molecule has 0 amide bonds. The number of unbranched alkanes of at least 4 members (excludes halogenated alkanes) is 1. The van der Waals surface area contributed by atoms with Gasteiger partial charge in [0, 0.05) is 6.42 Å². The molecule has 88 valence electrons. The van der Waals surface area contributed by atoms with Crippen molar-refractivity contribution in [2.75, 3.05) is 19.7 Å². The van der Waals surface area contributed by atoms with Gasteiger partial charge < -0.3 is 10.1 Å². The fraction of sp³-hybridized carbons (Fsp3) is 0.917. The van der Waals surface area contributed by atoms with Crippen molar-refractivity contribution in [2.24, 2.45) is 5.92 Å². The summed E-state index contributed by atoms with van der Waals surface area (Å²) >= 11 is 0. The molecular weight excluding hydrogens is 190 g/mol. The number of carbonyl (C=O) groups excluding carboxylic acids is 1. The Hall–Kier alpha value is -0.570. The first-order valence-corrected chi connectivity index (χ1v) is 6.19. The van der Waals surface area contributed by atoms with Gasteiger partial charge >= 0.3 is 5.97 Å². The van der Waals surface area contributed by atoms with E-state index in [2.05, 4.69) is 5.32 Å². The lowest BCUT2D eigenvalue weighted by Gasteiger charge is -2.22. The Morgan fingerprint density at radius 2 is 2.07 bits per heavy atom. The first-order chi connectivity index (χ1) is 7.33. The fourth-order valence-corrected chi connectivity index (χ4v) is 2.11. The van der Waals surface area contributed by atoms with Crippen LogP contribution in [0.3, 0.4) is 0 Å². The minimum Gasteiger partial charge on any atom is -0.466 e. The summed E-state index contributed by atoms with van der Waals surface area (Å²) in [6.45, 7) is 4.70. The minimum absolute atomic E-state index is 0.0391. The molecule has 1 heterocycles. The van der Waals surface area contributed by atoms with Crippen molar-refractivity contribution >= 4 is 5.97 Å². The van der Waals surface area contributed by atoms with Gasteiger partial charge in [-0.3, -0.25) is 4.79 Å². The largest absolute Gasteiger partial charge is 0.466 e. The molecule has 15 heavy (non-hydrogen) atoms. The maximum absolute atomic E-state index is 11.1. The summed E-state index contributed by atoms with van der Waals surface area (Å²) in [7, 11) is 0. The highest BCUT2D eigenvalue weighted by molar-refractivity contribution is 5.69. The van der Waals surface area contributed by atoms with Gasteiger partial charge in [0.2, 0.25) is 0 Å². The molecule has 1 fully saturated rings. The highest BCUT2D eigenvalue weighted by Gasteiger charge is 2.12. The normalized spacial score (nSPS) is 17.7. The Kier molecular flexibility index (Phi) is 6.41. The van der Waals surface area contributed by atoms with Crippen molar-refractivity contribution in [3.05, 3.63) is 0 Å². The van der Waals surface area contributed by atoms with Crippen molar-refractivity contribution in [3.8, 4) is 0 Å². The molecule has 0 aliphatic carbocycles. The van der Waals surface area contributed by atoms with Gasteiger partial charge in [0.25, 0.3) is 0 Å². The zero-order valence-electron chi connectivity index (χ0n) is 9.76. The second-order valence-corrected chi connectivity index (χ2v) is 4.24. The molecule has 0 aromatic heterocycles. The van der Waals surface area contributed by atoms with Crippen molar-refractivity contribution in [1.29, 1.82) is 0 Å². The lowest BCUT2D eigenvalue weighted by atomic mass is 9.92.